The number of rotatable bonds is 3. The first-order valence-electron chi connectivity index (χ1n) is 6.12. The number of hydrogen-bond acceptors (Lipinski definition) is 4. The number of alkyl halides is 3. The highest BCUT2D eigenvalue weighted by Crippen LogP contribution is 2.31. The number of nitrogens with one attached hydrogen (secondary N) is 1. The summed E-state index contributed by atoms with van der Waals surface area (Å²) < 4.78 is 39.3. The molecule has 0 fully saturated rings. The lowest BCUT2D eigenvalue weighted by Gasteiger charge is -2.04. The fraction of sp³-hybridized carbons (Fsp3) is 0.231. The number of anilines is 1. The number of para-hydroxylation sites is 2. The predicted molar refractivity (Wildman–Crippen MR) is 75.2 cm³/mol. The maximum atomic E-state index is 12.5. The van der Waals surface area contributed by atoms with Gasteiger partial charge in [0.05, 0.1) is 17.6 Å². The van der Waals surface area contributed by atoms with Crippen LogP contribution in [0.4, 0.5) is 18.3 Å². The Labute approximate surface area is 122 Å². The molecule has 0 aliphatic heterocycles. The third kappa shape index (κ3) is 2.71. The molecule has 0 saturated heterocycles. The maximum absolute atomic E-state index is 12.5. The second kappa shape index (κ2) is 5.03. The number of thiazole rings is 1. The Morgan fingerprint density at radius 1 is 1.24 bits per heavy atom. The lowest BCUT2D eigenvalue weighted by Crippen LogP contribution is -2.08. The van der Waals surface area contributed by atoms with Crippen molar-refractivity contribution < 1.29 is 13.2 Å². The Bertz CT molecular complexity index is 775. The molecule has 110 valence electrons. The molecule has 0 unspecified atom stereocenters. The molecule has 2 heterocycles. The molecule has 4 nitrogen and oxygen atoms in total. The smallest absolute Gasteiger partial charge is 0.354 e. The summed E-state index contributed by atoms with van der Waals surface area (Å²) in [7, 11) is 1.87. The van der Waals surface area contributed by atoms with Crippen molar-refractivity contribution in [3.8, 4) is 0 Å². The minimum atomic E-state index is -4.41. The first kappa shape index (κ1) is 13.9. The molecule has 2 aromatic heterocycles. The first-order valence-corrected chi connectivity index (χ1v) is 7.00. The van der Waals surface area contributed by atoms with Gasteiger partial charge in [0, 0.05) is 12.4 Å². The monoisotopic (exact) mass is 312 g/mol. The second-order valence-corrected chi connectivity index (χ2v) is 5.32. The van der Waals surface area contributed by atoms with Gasteiger partial charge in [-0.05, 0) is 12.1 Å². The van der Waals surface area contributed by atoms with E-state index in [0.29, 0.717) is 6.54 Å². The van der Waals surface area contributed by atoms with Gasteiger partial charge in [-0.2, -0.15) is 13.2 Å². The van der Waals surface area contributed by atoms with Gasteiger partial charge in [-0.3, -0.25) is 0 Å². The van der Waals surface area contributed by atoms with Gasteiger partial charge in [-0.25, -0.2) is 9.97 Å². The van der Waals surface area contributed by atoms with Gasteiger partial charge >= 0.3 is 6.18 Å². The zero-order chi connectivity index (χ0) is 15.0. The number of hydrogen-bond donors (Lipinski definition) is 1. The molecule has 0 radical (unpaired) electrons. The number of aryl methyl sites for hydroxylation is 1. The Hall–Kier alpha value is -2.09. The molecule has 0 bridgehead atoms. The van der Waals surface area contributed by atoms with Crippen LogP contribution in [0.15, 0.2) is 29.6 Å². The summed E-state index contributed by atoms with van der Waals surface area (Å²) in [4.78, 5) is 7.96. The van der Waals surface area contributed by atoms with E-state index in [-0.39, 0.29) is 5.13 Å². The zero-order valence-electron chi connectivity index (χ0n) is 11.0. The van der Waals surface area contributed by atoms with Crippen LogP contribution < -0.4 is 5.32 Å². The summed E-state index contributed by atoms with van der Waals surface area (Å²) in [6, 6.07) is 7.64. The number of benzene rings is 1. The summed E-state index contributed by atoms with van der Waals surface area (Å²) in [5, 5.41) is 4.11. The number of halogens is 3. The lowest BCUT2D eigenvalue weighted by molar-refractivity contribution is -0.140. The van der Waals surface area contributed by atoms with Crippen LogP contribution in [-0.2, 0) is 19.8 Å². The molecule has 3 aromatic rings. The van der Waals surface area contributed by atoms with E-state index in [1.165, 1.54) is 0 Å². The highest BCUT2D eigenvalue weighted by atomic mass is 32.1. The molecular formula is C13H11F3N4S. The fourth-order valence-corrected chi connectivity index (χ4v) is 2.71. The quantitative estimate of drug-likeness (QED) is 0.802. The number of aromatic nitrogens is 3. The highest BCUT2D eigenvalue weighted by Gasteiger charge is 2.33. The molecule has 1 aromatic carbocycles. The molecular weight excluding hydrogens is 301 g/mol. The third-order valence-electron chi connectivity index (χ3n) is 3.07. The molecule has 0 saturated carbocycles. The molecule has 0 aliphatic carbocycles. The van der Waals surface area contributed by atoms with Gasteiger partial charge in [0.1, 0.15) is 5.82 Å². The van der Waals surface area contributed by atoms with Gasteiger partial charge in [-0.1, -0.05) is 12.1 Å². The summed E-state index contributed by atoms with van der Waals surface area (Å²) >= 11 is 0.929. The van der Waals surface area contributed by atoms with Crippen LogP contribution in [-0.4, -0.2) is 14.5 Å². The Morgan fingerprint density at radius 2 is 2.00 bits per heavy atom. The van der Waals surface area contributed by atoms with Crippen molar-refractivity contribution in [3.05, 3.63) is 41.2 Å². The topological polar surface area (TPSA) is 42.7 Å². The van der Waals surface area contributed by atoms with Crippen LogP contribution >= 0.6 is 11.3 Å². The van der Waals surface area contributed by atoms with Gasteiger partial charge in [0.2, 0.25) is 0 Å². The van der Waals surface area contributed by atoms with E-state index in [9.17, 15) is 13.2 Å². The predicted octanol–water partition coefficient (Wildman–Crippen LogP) is 3.66. The van der Waals surface area contributed by atoms with Gasteiger partial charge in [0.25, 0.3) is 0 Å². The molecule has 0 atom stereocenters. The van der Waals surface area contributed by atoms with E-state index < -0.39 is 11.9 Å². The standard InChI is InChI=1S/C13H11F3N4S/c1-20-9-5-3-2-4-8(9)18-11(20)6-17-12-19-10(7-21-12)13(14,15)16/h2-5,7H,6H2,1H3,(H,17,19). The third-order valence-corrected chi connectivity index (χ3v) is 3.87. The molecule has 8 heteroatoms. The van der Waals surface area contributed by atoms with Gasteiger partial charge in [0.15, 0.2) is 10.8 Å². The van der Waals surface area contributed by atoms with Crippen LogP contribution in [0.25, 0.3) is 11.0 Å². The molecule has 1 N–H and O–H groups in total. The lowest BCUT2D eigenvalue weighted by atomic mass is 10.3. The average Bonchev–Trinajstić information content (AvgIpc) is 3.02. The Morgan fingerprint density at radius 3 is 2.67 bits per heavy atom. The van der Waals surface area contributed by atoms with Crippen LogP contribution in [0.3, 0.4) is 0 Å². The maximum Gasteiger partial charge on any atom is 0.434 e. The highest BCUT2D eigenvalue weighted by molar-refractivity contribution is 7.13. The van der Waals surface area contributed by atoms with E-state index in [0.717, 1.165) is 33.6 Å². The fourth-order valence-electron chi connectivity index (χ4n) is 1.99. The molecule has 0 amide bonds. The van der Waals surface area contributed by atoms with Crippen molar-refractivity contribution in [2.75, 3.05) is 5.32 Å². The van der Waals surface area contributed by atoms with E-state index in [2.05, 4.69) is 15.3 Å². The number of fused-ring (bicyclic) bond motifs is 1. The van der Waals surface area contributed by atoms with Crippen LogP contribution in [0.2, 0.25) is 0 Å². The largest absolute Gasteiger partial charge is 0.434 e. The van der Waals surface area contributed by atoms with Crippen molar-refractivity contribution in [1.82, 2.24) is 14.5 Å². The molecule has 3 rings (SSSR count). The van der Waals surface area contributed by atoms with E-state index in [1.807, 2.05) is 35.9 Å². The van der Waals surface area contributed by atoms with Crippen molar-refractivity contribution in [1.29, 1.82) is 0 Å². The normalized spacial score (nSPS) is 12.0. The minimum Gasteiger partial charge on any atom is -0.354 e. The minimum absolute atomic E-state index is 0.231. The Balaban J connectivity index is 1.77. The first-order chi connectivity index (χ1) is 9.95. The second-order valence-electron chi connectivity index (χ2n) is 4.46. The van der Waals surface area contributed by atoms with Crippen molar-refractivity contribution >= 4 is 27.5 Å². The molecule has 0 spiro atoms. The zero-order valence-corrected chi connectivity index (χ0v) is 11.8. The van der Waals surface area contributed by atoms with E-state index in [1.54, 1.807) is 0 Å². The summed E-state index contributed by atoms with van der Waals surface area (Å²) in [5.41, 5.74) is 0.955. The van der Waals surface area contributed by atoms with Crippen molar-refractivity contribution in [3.63, 3.8) is 0 Å². The van der Waals surface area contributed by atoms with Gasteiger partial charge < -0.3 is 9.88 Å². The molecule has 21 heavy (non-hydrogen) atoms. The van der Waals surface area contributed by atoms with Crippen LogP contribution in [0.5, 0.6) is 0 Å². The average molecular weight is 312 g/mol. The van der Waals surface area contributed by atoms with E-state index in [4.69, 9.17) is 0 Å². The molecule has 0 aliphatic rings. The Kier molecular flexibility index (Phi) is 3.32. The van der Waals surface area contributed by atoms with Crippen molar-refractivity contribution in [2.45, 2.75) is 12.7 Å². The number of nitrogens with zero attached hydrogens (tertiary/aromatic N) is 3. The van der Waals surface area contributed by atoms with Crippen molar-refractivity contribution in [2.24, 2.45) is 7.05 Å². The summed E-state index contributed by atoms with van der Waals surface area (Å²) in [5.74, 6) is 0.736. The van der Waals surface area contributed by atoms with Crippen LogP contribution in [0.1, 0.15) is 11.5 Å². The summed E-state index contributed by atoms with van der Waals surface area (Å²) in [6.07, 6.45) is -4.41. The summed E-state index contributed by atoms with van der Waals surface area (Å²) in [6.45, 7) is 0.315. The van der Waals surface area contributed by atoms with E-state index >= 15 is 0 Å². The van der Waals surface area contributed by atoms with Crippen LogP contribution in [0, 0.1) is 0 Å². The number of imidazole rings is 1. The van der Waals surface area contributed by atoms with Gasteiger partial charge in [-0.15, -0.1) is 11.3 Å². The SMILES string of the molecule is Cn1c(CNc2nc(C(F)(F)F)cs2)nc2ccccc21.